The van der Waals surface area contributed by atoms with Gasteiger partial charge in [0.2, 0.25) is 0 Å². The van der Waals surface area contributed by atoms with Gasteiger partial charge in [-0.15, -0.1) is 0 Å². The van der Waals surface area contributed by atoms with Crippen LogP contribution in [0.5, 0.6) is 0 Å². The number of hydrogen-bond donors (Lipinski definition) is 1. The van der Waals surface area contributed by atoms with Crippen molar-refractivity contribution >= 4 is 17.3 Å². The lowest BCUT2D eigenvalue weighted by Crippen LogP contribution is -2.59. The van der Waals surface area contributed by atoms with Crippen molar-refractivity contribution in [1.82, 2.24) is 14.8 Å². The van der Waals surface area contributed by atoms with E-state index >= 15 is 0 Å². The average Bonchev–Trinajstić information content (AvgIpc) is 2.67. The van der Waals surface area contributed by atoms with Crippen molar-refractivity contribution in [1.29, 1.82) is 0 Å². The Bertz CT molecular complexity index is 857. The fourth-order valence-corrected chi connectivity index (χ4v) is 8.53. The maximum absolute atomic E-state index is 12.3. The SMILES string of the molecule is CC(NC(=S)N1C[C@@H]2C[C@H](C1)c1cccc(=O)n1C2)C12CC3CC(CC(C3)C1)C2. The minimum atomic E-state index is 0.154. The van der Waals surface area contributed by atoms with Crippen LogP contribution in [0.1, 0.15) is 63.5 Å². The first-order valence-corrected chi connectivity index (χ1v) is 12.1. The molecule has 0 spiro atoms. The molecule has 4 nitrogen and oxygen atoms in total. The van der Waals surface area contributed by atoms with Gasteiger partial charge in [0.05, 0.1) is 0 Å². The van der Waals surface area contributed by atoms with E-state index in [1.165, 1.54) is 50.6 Å². The van der Waals surface area contributed by atoms with Crippen LogP contribution in [-0.2, 0) is 6.54 Å². The van der Waals surface area contributed by atoms with Crippen LogP contribution in [0.3, 0.4) is 0 Å². The minimum Gasteiger partial charge on any atom is -0.360 e. The van der Waals surface area contributed by atoms with Gasteiger partial charge < -0.3 is 14.8 Å². The zero-order valence-electron chi connectivity index (χ0n) is 17.5. The fourth-order valence-electron chi connectivity index (χ4n) is 8.20. The summed E-state index contributed by atoms with van der Waals surface area (Å²) in [6, 6.07) is 6.22. The predicted molar refractivity (Wildman–Crippen MR) is 119 cm³/mol. The molecule has 1 unspecified atom stereocenters. The third-order valence-electron chi connectivity index (χ3n) is 9.11. The highest BCUT2D eigenvalue weighted by atomic mass is 32.1. The molecule has 4 saturated carbocycles. The molecule has 6 bridgehead atoms. The first-order chi connectivity index (χ1) is 14.0. The summed E-state index contributed by atoms with van der Waals surface area (Å²) >= 11 is 5.95. The second-order valence-corrected chi connectivity index (χ2v) is 11.4. The monoisotopic (exact) mass is 411 g/mol. The Morgan fingerprint density at radius 2 is 1.72 bits per heavy atom. The van der Waals surface area contributed by atoms with Crippen molar-refractivity contribution in [2.24, 2.45) is 29.1 Å². The smallest absolute Gasteiger partial charge is 0.250 e. The van der Waals surface area contributed by atoms with Crippen LogP contribution >= 0.6 is 12.2 Å². The van der Waals surface area contributed by atoms with Gasteiger partial charge in [0.15, 0.2) is 5.11 Å². The molecule has 156 valence electrons. The van der Waals surface area contributed by atoms with Crippen molar-refractivity contribution in [3.05, 3.63) is 34.2 Å². The van der Waals surface area contributed by atoms with Crippen LogP contribution in [0.4, 0.5) is 0 Å². The summed E-state index contributed by atoms with van der Waals surface area (Å²) in [5.74, 6) is 3.87. The molecule has 5 fully saturated rings. The van der Waals surface area contributed by atoms with Crippen molar-refractivity contribution < 1.29 is 0 Å². The number of aromatic nitrogens is 1. The van der Waals surface area contributed by atoms with E-state index < -0.39 is 0 Å². The van der Waals surface area contributed by atoms with Crippen LogP contribution in [0.2, 0.25) is 0 Å². The molecule has 1 saturated heterocycles. The maximum Gasteiger partial charge on any atom is 0.250 e. The lowest BCUT2D eigenvalue weighted by molar-refractivity contribution is -0.0676. The third-order valence-corrected chi connectivity index (χ3v) is 9.49. The first-order valence-electron chi connectivity index (χ1n) is 11.7. The molecule has 0 radical (unpaired) electrons. The van der Waals surface area contributed by atoms with Gasteiger partial charge in [0.25, 0.3) is 5.56 Å². The number of likely N-dealkylation sites (tertiary alicyclic amines) is 1. The number of thiocarbonyl (C=S) groups is 1. The van der Waals surface area contributed by atoms with Crippen LogP contribution in [-0.4, -0.2) is 33.7 Å². The maximum atomic E-state index is 12.3. The molecule has 29 heavy (non-hydrogen) atoms. The molecule has 0 amide bonds. The van der Waals surface area contributed by atoms with E-state index in [1.54, 1.807) is 6.07 Å². The molecule has 2 aliphatic heterocycles. The molecule has 3 atom stereocenters. The normalized spacial score (nSPS) is 40.4. The Balaban J connectivity index is 1.17. The molecule has 1 aromatic heterocycles. The number of pyridine rings is 1. The molecule has 1 aromatic rings. The second-order valence-electron chi connectivity index (χ2n) is 11.1. The predicted octanol–water partition coefficient (Wildman–Crippen LogP) is 3.75. The van der Waals surface area contributed by atoms with Crippen LogP contribution in [0.25, 0.3) is 0 Å². The summed E-state index contributed by atoms with van der Waals surface area (Å²) in [6.07, 6.45) is 9.90. The number of hydrogen-bond acceptors (Lipinski definition) is 2. The highest BCUT2D eigenvalue weighted by Crippen LogP contribution is 2.61. The summed E-state index contributed by atoms with van der Waals surface area (Å²) in [4.78, 5) is 14.7. The summed E-state index contributed by atoms with van der Waals surface area (Å²) in [5.41, 5.74) is 1.84. The first kappa shape index (κ1) is 18.4. The minimum absolute atomic E-state index is 0.154. The molecule has 3 heterocycles. The highest BCUT2D eigenvalue weighted by molar-refractivity contribution is 7.80. The summed E-state index contributed by atoms with van der Waals surface area (Å²) in [7, 11) is 0. The van der Waals surface area contributed by atoms with E-state index in [9.17, 15) is 4.79 Å². The van der Waals surface area contributed by atoms with Crippen molar-refractivity contribution in [3.63, 3.8) is 0 Å². The Kier molecular flexibility index (Phi) is 4.17. The van der Waals surface area contributed by atoms with Gasteiger partial charge in [-0.1, -0.05) is 6.07 Å². The van der Waals surface area contributed by atoms with E-state index in [2.05, 4.69) is 23.2 Å². The van der Waals surface area contributed by atoms with E-state index in [-0.39, 0.29) is 5.56 Å². The van der Waals surface area contributed by atoms with Crippen molar-refractivity contribution in [2.75, 3.05) is 13.1 Å². The second kappa shape index (κ2) is 6.57. The standard InChI is InChI=1S/C24H33N3OS/c1-15(24-9-16-5-17(10-24)7-18(6-16)11-24)25-23(29)26-12-19-8-20(14-26)21-3-2-4-22(28)27(21)13-19/h2-4,15-20H,5-14H2,1H3,(H,25,29)/t15?,16?,17?,18?,19-,20+,24?/m0/s1. The van der Waals surface area contributed by atoms with Crippen LogP contribution < -0.4 is 10.9 Å². The zero-order chi connectivity index (χ0) is 19.8. The number of nitrogens with one attached hydrogen (secondary N) is 1. The Morgan fingerprint density at radius 1 is 1.03 bits per heavy atom. The van der Waals surface area contributed by atoms with E-state index in [1.807, 2.05) is 10.6 Å². The molecular weight excluding hydrogens is 378 g/mol. The van der Waals surface area contributed by atoms with Gasteiger partial charge in [-0.2, -0.15) is 0 Å². The van der Waals surface area contributed by atoms with Gasteiger partial charge in [-0.25, -0.2) is 0 Å². The van der Waals surface area contributed by atoms with E-state index in [0.717, 1.165) is 42.5 Å². The zero-order valence-corrected chi connectivity index (χ0v) is 18.3. The van der Waals surface area contributed by atoms with Gasteiger partial charge in [-0.05, 0) is 99.2 Å². The van der Waals surface area contributed by atoms with Crippen LogP contribution in [0.15, 0.2) is 23.0 Å². The lowest BCUT2D eigenvalue weighted by atomic mass is 9.48. The molecule has 5 heteroatoms. The van der Waals surface area contributed by atoms with Gasteiger partial charge >= 0.3 is 0 Å². The van der Waals surface area contributed by atoms with E-state index in [0.29, 0.717) is 23.3 Å². The number of nitrogens with zero attached hydrogens (tertiary/aromatic N) is 2. The molecule has 4 aliphatic carbocycles. The van der Waals surface area contributed by atoms with Crippen LogP contribution in [0, 0.1) is 29.1 Å². The number of fused-ring (bicyclic) bond motifs is 4. The molecule has 7 rings (SSSR count). The Hall–Kier alpha value is -1.36. The molecule has 0 aromatic carbocycles. The van der Waals surface area contributed by atoms with Crippen molar-refractivity contribution in [2.45, 2.75) is 70.4 Å². The summed E-state index contributed by atoms with van der Waals surface area (Å²) < 4.78 is 2.00. The van der Waals surface area contributed by atoms with Gasteiger partial charge in [0.1, 0.15) is 0 Å². The fraction of sp³-hybridized carbons (Fsp3) is 0.750. The number of piperidine rings is 1. The lowest BCUT2D eigenvalue weighted by Gasteiger charge is -2.59. The number of rotatable bonds is 2. The quantitative estimate of drug-likeness (QED) is 0.752. The van der Waals surface area contributed by atoms with Gasteiger partial charge in [-0.3, -0.25) is 4.79 Å². The largest absolute Gasteiger partial charge is 0.360 e. The highest BCUT2D eigenvalue weighted by Gasteiger charge is 2.53. The topological polar surface area (TPSA) is 37.3 Å². The third kappa shape index (κ3) is 2.98. The summed E-state index contributed by atoms with van der Waals surface area (Å²) in [6.45, 7) is 5.17. The summed E-state index contributed by atoms with van der Waals surface area (Å²) in [5, 5.41) is 4.77. The van der Waals surface area contributed by atoms with Gasteiger partial charge in [0, 0.05) is 43.4 Å². The molecule has 1 N–H and O–H groups in total. The molecular formula is C24H33N3OS. The Morgan fingerprint density at radius 3 is 2.41 bits per heavy atom. The van der Waals surface area contributed by atoms with Crippen molar-refractivity contribution in [3.8, 4) is 0 Å². The molecule has 6 aliphatic rings. The average molecular weight is 412 g/mol. The Labute approximate surface area is 179 Å². The van der Waals surface area contributed by atoms with E-state index in [4.69, 9.17) is 12.2 Å².